The van der Waals surface area contributed by atoms with Crippen LogP contribution in [0.2, 0.25) is 10.0 Å². The number of aliphatic carboxylic acids is 1. The highest BCUT2D eigenvalue weighted by Crippen LogP contribution is 2.30. The average molecular weight is 495 g/mol. The summed E-state index contributed by atoms with van der Waals surface area (Å²) >= 11 is 12.1. The van der Waals surface area contributed by atoms with E-state index in [1.54, 1.807) is 24.3 Å². The summed E-state index contributed by atoms with van der Waals surface area (Å²) in [6, 6.07) is 10.5. The van der Waals surface area contributed by atoms with Crippen molar-refractivity contribution in [1.82, 2.24) is 9.80 Å². The number of nitrogens with zero attached hydrogens (tertiary/aromatic N) is 2. The quantitative estimate of drug-likeness (QED) is 0.549. The van der Waals surface area contributed by atoms with E-state index in [0.29, 0.717) is 21.5 Å². The molecular weight excluding hydrogens is 466 g/mol. The van der Waals surface area contributed by atoms with Gasteiger partial charge in [0.1, 0.15) is 23.7 Å². The van der Waals surface area contributed by atoms with Crippen LogP contribution in [0.3, 0.4) is 0 Å². The van der Waals surface area contributed by atoms with Crippen LogP contribution in [0, 0.1) is 11.7 Å². The minimum absolute atomic E-state index is 0.173. The van der Waals surface area contributed by atoms with Gasteiger partial charge in [-0.25, -0.2) is 4.39 Å². The lowest BCUT2D eigenvalue weighted by Gasteiger charge is -2.39. The minimum Gasteiger partial charge on any atom is -0.490 e. The van der Waals surface area contributed by atoms with Gasteiger partial charge in [0.15, 0.2) is 0 Å². The Labute approximate surface area is 204 Å². The topological polar surface area (TPSA) is 53.0 Å². The lowest BCUT2D eigenvalue weighted by molar-refractivity contribution is -0.144. The molecule has 2 heterocycles. The molecule has 4 rings (SSSR count). The molecule has 2 aromatic rings. The first-order valence-electron chi connectivity index (χ1n) is 11.5. The number of carboxylic acids is 1. The molecule has 1 atom stereocenters. The van der Waals surface area contributed by atoms with Gasteiger partial charge in [0.05, 0.1) is 10.0 Å². The van der Waals surface area contributed by atoms with Gasteiger partial charge in [-0.05, 0) is 74.5 Å². The third-order valence-corrected chi connectivity index (χ3v) is 7.42. The molecule has 1 N–H and O–H groups in total. The molecule has 2 saturated heterocycles. The van der Waals surface area contributed by atoms with Crippen LogP contribution in [-0.4, -0.2) is 59.7 Å². The van der Waals surface area contributed by atoms with Gasteiger partial charge in [-0.1, -0.05) is 35.3 Å². The smallest absolute Gasteiger partial charge is 0.325 e. The second-order valence-electron chi connectivity index (χ2n) is 8.97. The monoisotopic (exact) mass is 494 g/mol. The number of carbonyl (C=O) groups is 1. The Bertz CT molecular complexity index is 943. The number of halogens is 3. The largest absolute Gasteiger partial charge is 0.490 e. The van der Waals surface area contributed by atoms with Crippen molar-refractivity contribution in [2.24, 2.45) is 5.92 Å². The van der Waals surface area contributed by atoms with Crippen LogP contribution < -0.4 is 4.74 Å². The molecule has 0 radical (unpaired) electrons. The molecule has 0 saturated carbocycles. The Morgan fingerprint density at radius 1 is 1.00 bits per heavy atom. The standard InChI is InChI=1S/C25H29Cl2FN2O3/c26-22-6-5-21(15-23(22)27)33-20-9-11-29(12-10-20)16-17-7-13-30(14-8-17)24(25(31)32)18-1-3-19(28)4-2-18/h1-6,15,17,20,24H,7-14,16H2,(H,31,32). The summed E-state index contributed by atoms with van der Waals surface area (Å²) in [5.74, 6) is 0.0673. The van der Waals surface area contributed by atoms with Crippen molar-refractivity contribution in [2.75, 3.05) is 32.7 Å². The molecule has 33 heavy (non-hydrogen) atoms. The van der Waals surface area contributed by atoms with E-state index in [1.807, 2.05) is 11.0 Å². The fourth-order valence-electron chi connectivity index (χ4n) is 4.87. The molecule has 8 heteroatoms. The van der Waals surface area contributed by atoms with Crippen molar-refractivity contribution in [3.05, 3.63) is 63.9 Å². The van der Waals surface area contributed by atoms with Gasteiger partial charge < -0.3 is 14.7 Å². The summed E-state index contributed by atoms with van der Waals surface area (Å²) in [6.45, 7) is 4.46. The molecule has 0 aromatic heterocycles. The van der Waals surface area contributed by atoms with Crippen molar-refractivity contribution in [2.45, 2.75) is 37.8 Å². The highest BCUT2D eigenvalue weighted by Gasteiger charge is 2.32. The van der Waals surface area contributed by atoms with Crippen molar-refractivity contribution >= 4 is 29.2 Å². The van der Waals surface area contributed by atoms with Gasteiger partial charge in [-0.3, -0.25) is 9.69 Å². The predicted octanol–water partition coefficient (Wildman–Crippen LogP) is 5.51. The van der Waals surface area contributed by atoms with Gasteiger partial charge in [-0.15, -0.1) is 0 Å². The van der Waals surface area contributed by atoms with E-state index in [0.717, 1.165) is 64.2 Å². The highest BCUT2D eigenvalue weighted by molar-refractivity contribution is 6.42. The normalized spacial score (nSPS) is 20.0. The molecule has 0 bridgehead atoms. The van der Waals surface area contributed by atoms with Crippen LogP contribution in [-0.2, 0) is 4.79 Å². The van der Waals surface area contributed by atoms with Crippen LogP contribution in [0.25, 0.3) is 0 Å². The first kappa shape index (κ1) is 24.3. The molecule has 0 aliphatic carbocycles. The number of hydrogen-bond acceptors (Lipinski definition) is 4. The molecule has 178 valence electrons. The first-order chi connectivity index (χ1) is 15.9. The Morgan fingerprint density at radius 2 is 1.67 bits per heavy atom. The summed E-state index contributed by atoms with van der Waals surface area (Å²) in [6.07, 6.45) is 4.03. The summed E-state index contributed by atoms with van der Waals surface area (Å²) in [4.78, 5) is 16.4. The molecule has 0 amide bonds. The molecule has 2 aromatic carbocycles. The third kappa shape index (κ3) is 6.38. The van der Waals surface area contributed by atoms with Crippen LogP contribution in [0.5, 0.6) is 5.75 Å². The number of rotatable bonds is 7. The van der Waals surface area contributed by atoms with Gasteiger partial charge in [0.25, 0.3) is 0 Å². The van der Waals surface area contributed by atoms with E-state index in [2.05, 4.69) is 4.90 Å². The maximum Gasteiger partial charge on any atom is 0.325 e. The Kier molecular flexibility index (Phi) is 8.12. The lowest BCUT2D eigenvalue weighted by atomic mass is 9.93. The maximum atomic E-state index is 13.2. The second kappa shape index (κ2) is 11.0. The van der Waals surface area contributed by atoms with Gasteiger partial charge in [0, 0.05) is 25.7 Å². The highest BCUT2D eigenvalue weighted by atomic mass is 35.5. The first-order valence-corrected chi connectivity index (χ1v) is 12.2. The van der Waals surface area contributed by atoms with Crippen molar-refractivity contribution < 1.29 is 19.0 Å². The van der Waals surface area contributed by atoms with E-state index < -0.39 is 12.0 Å². The Balaban J connectivity index is 1.23. The SMILES string of the molecule is O=C(O)C(c1ccc(F)cc1)N1CCC(CN2CCC(Oc3ccc(Cl)c(Cl)c3)CC2)CC1. The predicted molar refractivity (Wildman–Crippen MR) is 128 cm³/mol. The van der Waals surface area contributed by atoms with Crippen LogP contribution in [0.1, 0.15) is 37.3 Å². The maximum absolute atomic E-state index is 13.2. The number of benzene rings is 2. The Hall–Kier alpha value is -1.86. The number of piperidine rings is 2. The molecular formula is C25H29Cl2FN2O3. The molecule has 5 nitrogen and oxygen atoms in total. The lowest BCUT2D eigenvalue weighted by Crippen LogP contribution is -2.45. The number of ether oxygens (including phenoxy) is 1. The zero-order valence-corrected chi connectivity index (χ0v) is 19.9. The van der Waals surface area contributed by atoms with Crippen LogP contribution >= 0.6 is 23.2 Å². The zero-order chi connectivity index (χ0) is 23.4. The van der Waals surface area contributed by atoms with E-state index in [4.69, 9.17) is 27.9 Å². The summed E-state index contributed by atoms with van der Waals surface area (Å²) < 4.78 is 19.3. The summed E-state index contributed by atoms with van der Waals surface area (Å²) in [5, 5.41) is 10.8. The second-order valence-corrected chi connectivity index (χ2v) is 9.78. The molecule has 1 unspecified atom stereocenters. The van der Waals surface area contributed by atoms with Crippen LogP contribution in [0.15, 0.2) is 42.5 Å². The number of carboxylic acid groups (broad SMARTS) is 1. The van der Waals surface area contributed by atoms with Gasteiger partial charge in [-0.2, -0.15) is 0 Å². The number of hydrogen-bond donors (Lipinski definition) is 1. The zero-order valence-electron chi connectivity index (χ0n) is 18.4. The third-order valence-electron chi connectivity index (χ3n) is 6.68. The number of likely N-dealkylation sites (tertiary alicyclic amines) is 2. The van der Waals surface area contributed by atoms with E-state index >= 15 is 0 Å². The fourth-order valence-corrected chi connectivity index (χ4v) is 5.15. The average Bonchev–Trinajstić information content (AvgIpc) is 2.80. The summed E-state index contributed by atoms with van der Waals surface area (Å²) in [7, 11) is 0. The van der Waals surface area contributed by atoms with E-state index in [1.165, 1.54) is 12.1 Å². The van der Waals surface area contributed by atoms with E-state index in [9.17, 15) is 14.3 Å². The minimum atomic E-state index is -0.885. The molecule has 0 spiro atoms. The van der Waals surface area contributed by atoms with Crippen molar-refractivity contribution in [3.8, 4) is 5.75 Å². The molecule has 2 aliphatic heterocycles. The van der Waals surface area contributed by atoms with Gasteiger partial charge >= 0.3 is 5.97 Å². The molecule has 2 aliphatic rings. The fraction of sp³-hybridized carbons (Fsp3) is 0.480. The van der Waals surface area contributed by atoms with E-state index in [-0.39, 0.29) is 11.9 Å². The van der Waals surface area contributed by atoms with Crippen molar-refractivity contribution in [1.29, 1.82) is 0 Å². The van der Waals surface area contributed by atoms with Gasteiger partial charge in [0.2, 0.25) is 0 Å². The van der Waals surface area contributed by atoms with Crippen molar-refractivity contribution in [3.63, 3.8) is 0 Å². The summed E-state index contributed by atoms with van der Waals surface area (Å²) in [5.41, 5.74) is 0.631. The Morgan fingerprint density at radius 3 is 2.27 bits per heavy atom. The molecule has 2 fully saturated rings. The van der Waals surface area contributed by atoms with Crippen LogP contribution in [0.4, 0.5) is 4.39 Å².